The van der Waals surface area contributed by atoms with E-state index in [1.54, 1.807) is 0 Å². The number of aliphatic imine (C=N–C) groups is 1. The summed E-state index contributed by atoms with van der Waals surface area (Å²) in [7, 11) is 0. The van der Waals surface area contributed by atoms with Crippen LogP contribution in [0.5, 0.6) is 0 Å². The second-order valence-electron chi connectivity index (χ2n) is 3.60. The molecule has 1 aliphatic carbocycles. The Morgan fingerprint density at radius 1 is 1.37 bits per heavy atom. The average molecular weight is 265 g/mol. The van der Waals surface area contributed by atoms with Crippen LogP contribution in [0, 0.1) is 0 Å². The van der Waals surface area contributed by atoms with Crippen LogP contribution >= 0.6 is 0 Å². The molecule has 9 heteroatoms. The maximum absolute atomic E-state index is 13.3. The molecule has 2 aliphatic rings. The number of nitrogens with one attached hydrogen (secondary N) is 3. The van der Waals surface area contributed by atoms with E-state index in [0.29, 0.717) is 0 Å². The van der Waals surface area contributed by atoms with E-state index in [9.17, 15) is 18.8 Å². The number of Topliss-reactive ketones (excluding diaryl/α,β-unsaturated/α-hetero) is 2. The molecule has 0 saturated heterocycles. The maximum Gasteiger partial charge on any atom is 0.316 e. The molecule has 98 valence electrons. The highest BCUT2D eigenvalue weighted by atomic mass is 19.1. The van der Waals surface area contributed by atoms with Crippen molar-refractivity contribution in [2.24, 2.45) is 10.1 Å². The number of allylic oxidation sites excluding steroid dienone is 4. The van der Waals surface area contributed by atoms with Gasteiger partial charge in [0, 0.05) is 6.08 Å². The average Bonchev–Trinajstić information content (AvgIpc) is 2.86. The van der Waals surface area contributed by atoms with E-state index in [2.05, 4.69) is 26.6 Å². The van der Waals surface area contributed by atoms with Gasteiger partial charge in [-0.1, -0.05) is 0 Å². The van der Waals surface area contributed by atoms with Gasteiger partial charge in [-0.15, -0.1) is 10.6 Å². The normalized spacial score (nSPS) is 20.2. The maximum atomic E-state index is 13.3. The van der Waals surface area contributed by atoms with Crippen LogP contribution < -0.4 is 16.5 Å². The van der Waals surface area contributed by atoms with Crippen molar-refractivity contribution < 1.29 is 18.8 Å². The molecule has 0 bridgehead atoms. The van der Waals surface area contributed by atoms with Gasteiger partial charge in [0.1, 0.15) is 11.5 Å². The summed E-state index contributed by atoms with van der Waals surface area (Å²) in [6.07, 6.45) is 1.59. The van der Waals surface area contributed by atoms with Crippen LogP contribution in [0.3, 0.4) is 0 Å². The van der Waals surface area contributed by atoms with Gasteiger partial charge in [0.25, 0.3) is 0 Å². The van der Waals surface area contributed by atoms with Gasteiger partial charge in [0.15, 0.2) is 5.78 Å². The van der Waals surface area contributed by atoms with Crippen LogP contribution in [0.25, 0.3) is 0 Å². The number of ketones is 2. The number of halogens is 1. The Bertz CT molecular complexity index is 602. The minimum atomic E-state index is -0.880. The van der Waals surface area contributed by atoms with Gasteiger partial charge >= 0.3 is 5.91 Å². The Balaban J connectivity index is 2.30. The van der Waals surface area contributed by atoms with Crippen LogP contribution in [0.2, 0.25) is 0 Å². The summed E-state index contributed by atoms with van der Waals surface area (Å²) in [5.41, 5.74) is 6.06. The Labute approximate surface area is 106 Å². The fraction of sp³-hybridized carbons (Fsp3) is 0.100. The first-order chi connectivity index (χ1) is 8.99. The molecule has 1 heterocycles. The zero-order valence-electron chi connectivity index (χ0n) is 9.65. The number of amides is 1. The highest BCUT2D eigenvalue weighted by molar-refractivity contribution is 6.58. The number of rotatable bonds is 2. The number of hydrogen-bond donors (Lipinski definition) is 3. The molecule has 1 aliphatic heterocycles. The summed E-state index contributed by atoms with van der Waals surface area (Å²) < 4.78 is 13.3. The second kappa shape index (κ2) is 4.90. The third-order valence-electron chi connectivity index (χ3n) is 2.24. The van der Waals surface area contributed by atoms with E-state index in [1.165, 1.54) is 0 Å². The van der Waals surface area contributed by atoms with Crippen LogP contribution in [0.4, 0.5) is 4.39 Å². The van der Waals surface area contributed by atoms with Crippen molar-refractivity contribution in [3.8, 4) is 0 Å². The van der Waals surface area contributed by atoms with Gasteiger partial charge in [0.05, 0.1) is 5.57 Å². The molecule has 0 radical (unpaired) electrons. The molecule has 0 atom stereocenters. The Morgan fingerprint density at radius 2 is 2.11 bits per heavy atom. The van der Waals surface area contributed by atoms with Gasteiger partial charge in [-0.3, -0.25) is 19.8 Å². The molecule has 2 rings (SSSR count). The fourth-order valence-corrected chi connectivity index (χ4v) is 1.39. The number of amidine groups is 1. The largest absolute Gasteiger partial charge is 0.316 e. The quantitative estimate of drug-likeness (QED) is 0.428. The number of hydrazine groups is 2. The summed E-state index contributed by atoms with van der Waals surface area (Å²) in [5, 5.41) is 3.48. The zero-order chi connectivity index (χ0) is 14.0. The number of nitrogens with zero attached hydrogens (tertiary/aromatic N) is 2. The predicted molar refractivity (Wildman–Crippen MR) is 62.2 cm³/mol. The Kier molecular flexibility index (Phi) is 3.29. The second-order valence-corrected chi connectivity index (χ2v) is 3.60. The van der Waals surface area contributed by atoms with E-state index >= 15 is 0 Å². The smallest absolute Gasteiger partial charge is 0.294 e. The van der Waals surface area contributed by atoms with Crippen LogP contribution in [-0.2, 0) is 14.4 Å². The highest BCUT2D eigenvalue weighted by Crippen LogP contribution is 2.15. The molecule has 8 nitrogen and oxygen atoms in total. The van der Waals surface area contributed by atoms with Gasteiger partial charge in [-0.25, -0.2) is 14.9 Å². The van der Waals surface area contributed by atoms with Gasteiger partial charge in [-0.2, -0.15) is 0 Å². The summed E-state index contributed by atoms with van der Waals surface area (Å²) in [4.78, 5) is 38.0. The van der Waals surface area contributed by atoms with E-state index < -0.39 is 29.0 Å². The van der Waals surface area contributed by atoms with Crippen molar-refractivity contribution in [2.75, 3.05) is 0 Å². The third kappa shape index (κ3) is 2.60. The molecule has 0 saturated carbocycles. The first-order valence-corrected chi connectivity index (χ1v) is 5.10. The molecular formula is C10H8FN5O3. The first kappa shape index (κ1) is 12.8. The standard InChI is InChI=1S/C10H8FN5O3/c1-4(17)6-2-5(11)3-7(8(6)18)12-10(19)9-13-15-16-14-9/h2-3,15-16H,1H3,(H,13,14). The SMILES string of the molecule is CC(=O)C1=CC(F)=CC(=NC(=O)C2=NNNN2)C1=O. The van der Waals surface area contributed by atoms with Crippen LogP contribution in [0.1, 0.15) is 6.92 Å². The van der Waals surface area contributed by atoms with Gasteiger partial charge < -0.3 is 0 Å². The fourth-order valence-electron chi connectivity index (χ4n) is 1.39. The van der Waals surface area contributed by atoms with E-state index in [0.717, 1.165) is 19.1 Å². The molecule has 0 unspecified atom stereocenters. The van der Waals surface area contributed by atoms with Gasteiger partial charge in [-0.05, 0) is 13.0 Å². The Hall–Kier alpha value is -2.68. The van der Waals surface area contributed by atoms with Crippen LogP contribution in [0.15, 0.2) is 33.6 Å². The molecule has 3 N–H and O–H groups in total. The van der Waals surface area contributed by atoms with Crippen molar-refractivity contribution in [3.63, 3.8) is 0 Å². The van der Waals surface area contributed by atoms with E-state index in [4.69, 9.17) is 0 Å². The van der Waals surface area contributed by atoms with Crippen molar-refractivity contribution in [3.05, 3.63) is 23.6 Å². The van der Waals surface area contributed by atoms with Gasteiger partial charge in [0.2, 0.25) is 11.6 Å². The number of carbonyl (C=O) groups is 3. The van der Waals surface area contributed by atoms with Crippen molar-refractivity contribution in [2.45, 2.75) is 6.92 Å². The number of hydrogen-bond acceptors (Lipinski definition) is 7. The molecule has 0 aromatic rings. The number of hydrazone groups is 1. The summed E-state index contributed by atoms with van der Waals surface area (Å²) in [6.45, 7) is 1.12. The molecule has 19 heavy (non-hydrogen) atoms. The van der Waals surface area contributed by atoms with E-state index in [1.807, 2.05) is 0 Å². The highest BCUT2D eigenvalue weighted by Gasteiger charge is 2.26. The first-order valence-electron chi connectivity index (χ1n) is 5.10. The molecular weight excluding hydrogens is 257 g/mol. The topological polar surface area (TPSA) is 112 Å². The number of carbonyl (C=O) groups excluding carboxylic acids is 3. The molecule has 0 spiro atoms. The van der Waals surface area contributed by atoms with E-state index in [-0.39, 0.29) is 11.4 Å². The minimum Gasteiger partial charge on any atom is -0.294 e. The van der Waals surface area contributed by atoms with Crippen molar-refractivity contribution >= 4 is 29.0 Å². The summed E-state index contributed by atoms with van der Waals surface area (Å²) >= 11 is 0. The lowest BCUT2D eigenvalue weighted by Gasteiger charge is -2.07. The van der Waals surface area contributed by atoms with Crippen LogP contribution in [-0.4, -0.2) is 29.0 Å². The van der Waals surface area contributed by atoms with Crippen molar-refractivity contribution in [1.29, 1.82) is 0 Å². The monoisotopic (exact) mass is 265 g/mol. The summed E-state index contributed by atoms with van der Waals surface area (Å²) in [5.74, 6) is -3.30. The lowest BCUT2D eigenvalue weighted by atomic mass is 9.98. The lowest BCUT2D eigenvalue weighted by Crippen LogP contribution is -2.38. The minimum absolute atomic E-state index is 0.187. The molecule has 1 amide bonds. The third-order valence-corrected chi connectivity index (χ3v) is 2.24. The molecule has 0 aromatic carbocycles. The Morgan fingerprint density at radius 3 is 2.68 bits per heavy atom. The zero-order valence-corrected chi connectivity index (χ0v) is 9.65. The predicted octanol–water partition coefficient (Wildman–Crippen LogP) is -1.17. The lowest BCUT2D eigenvalue weighted by molar-refractivity contribution is -0.118. The molecule has 0 aromatic heterocycles. The summed E-state index contributed by atoms with van der Waals surface area (Å²) in [6, 6.07) is 0. The molecule has 0 fully saturated rings. The van der Waals surface area contributed by atoms with Crippen molar-refractivity contribution in [1.82, 2.24) is 16.5 Å².